The maximum atomic E-state index is 11.3. The van der Waals surface area contributed by atoms with E-state index in [2.05, 4.69) is 12.0 Å². The van der Waals surface area contributed by atoms with E-state index in [1.807, 2.05) is 0 Å². The van der Waals surface area contributed by atoms with Gasteiger partial charge in [0.25, 0.3) is 0 Å². The number of hydrogen-bond acceptors (Lipinski definition) is 11. The van der Waals surface area contributed by atoms with E-state index in [9.17, 15) is 35.7 Å². The summed E-state index contributed by atoms with van der Waals surface area (Å²) in [5.74, 6) is 0.261. The number of aliphatic hydroxyl groups excluding tert-OH is 6. The molecule has 2 saturated heterocycles. The first kappa shape index (κ1) is 24.8. The molecule has 0 aromatic heterocycles. The molecule has 3 rings (SSSR count). The van der Waals surface area contributed by atoms with Crippen LogP contribution >= 0.6 is 0 Å². The molecule has 11 nitrogen and oxygen atoms in total. The molecule has 2 heterocycles. The molecule has 7 N–H and O–H groups in total. The zero-order chi connectivity index (χ0) is 23.5. The van der Waals surface area contributed by atoms with Crippen molar-refractivity contribution < 1.29 is 54.7 Å². The Morgan fingerprint density at radius 3 is 2.22 bits per heavy atom. The summed E-state index contributed by atoms with van der Waals surface area (Å²) >= 11 is 0. The van der Waals surface area contributed by atoms with Crippen molar-refractivity contribution in [2.75, 3.05) is 13.2 Å². The van der Waals surface area contributed by atoms with Crippen LogP contribution in [0.25, 0.3) is 0 Å². The highest BCUT2D eigenvalue weighted by atomic mass is 16.7. The molecule has 2 aliphatic heterocycles. The van der Waals surface area contributed by atoms with Crippen LogP contribution in [0.15, 0.2) is 30.3 Å². The fraction of sp³-hybridized carbons (Fsp3) is 0.619. The van der Waals surface area contributed by atoms with Crippen LogP contribution in [0.2, 0.25) is 0 Å². The summed E-state index contributed by atoms with van der Waals surface area (Å²) in [6, 6.07) is 8.06. The molecule has 0 spiro atoms. The van der Waals surface area contributed by atoms with Gasteiger partial charge in [-0.05, 0) is 0 Å². The summed E-state index contributed by atoms with van der Waals surface area (Å²) in [5, 5.41) is 71.6. The van der Waals surface area contributed by atoms with E-state index >= 15 is 0 Å². The van der Waals surface area contributed by atoms with Gasteiger partial charge in [-0.2, -0.15) is 0 Å². The van der Waals surface area contributed by atoms with E-state index in [0.717, 1.165) is 0 Å². The van der Waals surface area contributed by atoms with Crippen molar-refractivity contribution in [2.45, 2.75) is 67.8 Å². The second-order valence-corrected chi connectivity index (χ2v) is 7.62. The van der Waals surface area contributed by atoms with E-state index in [0.29, 0.717) is 0 Å². The molecule has 0 aliphatic carbocycles. The van der Waals surface area contributed by atoms with Gasteiger partial charge in [-0.15, -0.1) is 0 Å². The normalized spacial score (nSPS) is 42.1. The molecule has 2 aliphatic rings. The van der Waals surface area contributed by atoms with E-state index in [4.69, 9.17) is 18.9 Å². The maximum absolute atomic E-state index is 11.3. The second kappa shape index (κ2) is 10.4. The highest BCUT2D eigenvalue weighted by Crippen LogP contribution is 2.38. The first-order valence-electron chi connectivity index (χ1n) is 10.1. The summed E-state index contributed by atoms with van der Waals surface area (Å²) in [4.78, 5) is 0. The zero-order valence-electron chi connectivity index (χ0n) is 17.3. The second-order valence-electron chi connectivity index (χ2n) is 7.62. The van der Waals surface area contributed by atoms with Crippen LogP contribution in [0.4, 0.5) is 0 Å². The van der Waals surface area contributed by atoms with Crippen LogP contribution in [0.3, 0.4) is 0 Å². The summed E-state index contributed by atoms with van der Waals surface area (Å²) < 4.78 is 21.6. The van der Waals surface area contributed by atoms with E-state index < -0.39 is 74.1 Å². The van der Waals surface area contributed by atoms with Gasteiger partial charge in [0.1, 0.15) is 48.8 Å². The van der Waals surface area contributed by atoms with Crippen molar-refractivity contribution in [1.82, 2.24) is 0 Å². The Bertz CT molecular complexity index is 794. The highest BCUT2D eigenvalue weighted by Gasteiger charge is 2.56. The molecule has 178 valence electrons. The lowest BCUT2D eigenvalue weighted by atomic mass is 9.88. The van der Waals surface area contributed by atoms with Crippen molar-refractivity contribution in [3.8, 4) is 12.0 Å². The molecule has 32 heavy (non-hydrogen) atoms. The van der Waals surface area contributed by atoms with Gasteiger partial charge in [0.2, 0.25) is 5.79 Å². The first-order valence-corrected chi connectivity index (χ1v) is 10.1. The molecule has 0 unspecified atom stereocenters. The lowest BCUT2D eigenvalue weighted by Crippen LogP contribution is -2.65. The van der Waals surface area contributed by atoms with Crippen LogP contribution in [0.5, 0.6) is 0 Å². The quantitative estimate of drug-likeness (QED) is 0.219. The third-order valence-electron chi connectivity index (χ3n) is 5.51. The molecule has 1 aromatic carbocycles. The molecule has 0 saturated carbocycles. The Morgan fingerprint density at radius 1 is 0.938 bits per heavy atom. The summed E-state index contributed by atoms with van der Waals surface area (Å²) in [6.45, 7) is 0.352. The number of ether oxygens (including phenoxy) is 4. The van der Waals surface area contributed by atoms with Gasteiger partial charge in [0.05, 0.1) is 13.2 Å². The maximum Gasteiger partial charge on any atom is 0.235 e. The summed E-state index contributed by atoms with van der Waals surface area (Å²) in [5.41, 5.74) is 0.228. The molecule has 2 fully saturated rings. The van der Waals surface area contributed by atoms with Crippen molar-refractivity contribution in [1.29, 1.82) is 0 Å². The predicted molar refractivity (Wildman–Crippen MR) is 105 cm³/mol. The lowest BCUT2D eigenvalue weighted by Gasteiger charge is -2.47. The van der Waals surface area contributed by atoms with Gasteiger partial charge < -0.3 is 54.7 Å². The van der Waals surface area contributed by atoms with Gasteiger partial charge in [0, 0.05) is 12.5 Å². The first-order chi connectivity index (χ1) is 15.2. The van der Waals surface area contributed by atoms with Crippen molar-refractivity contribution >= 4 is 0 Å². The van der Waals surface area contributed by atoms with Crippen LogP contribution in [0.1, 0.15) is 12.5 Å². The number of aliphatic hydroxyl groups is 7. The number of rotatable bonds is 6. The van der Waals surface area contributed by atoms with Crippen molar-refractivity contribution in [3.63, 3.8) is 0 Å². The molecule has 1 aromatic rings. The van der Waals surface area contributed by atoms with Gasteiger partial charge >= 0.3 is 0 Å². The minimum absolute atomic E-state index is 0.228. The van der Waals surface area contributed by atoms with Crippen LogP contribution in [0, 0.1) is 12.0 Å². The monoisotopic (exact) mass is 456 g/mol. The molecule has 10 atom stereocenters. The highest BCUT2D eigenvalue weighted by molar-refractivity contribution is 5.24. The van der Waals surface area contributed by atoms with E-state index in [1.54, 1.807) is 18.2 Å². The molecule has 0 radical (unpaired) electrons. The third-order valence-corrected chi connectivity index (χ3v) is 5.51. The van der Waals surface area contributed by atoms with E-state index in [1.165, 1.54) is 19.1 Å². The van der Waals surface area contributed by atoms with E-state index in [-0.39, 0.29) is 5.56 Å². The third kappa shape index (κ3) is 4.75. The van der Waals surface area contributed by atoms with Gasteiger partial charge in [0.15, 0.2) is 12.4 Å². The Labute approximate surface area is 184 Å². The standard InChI is InChI=1S/C21H28O11/c1-2-8-29-19-17(26)15(24)13(32-21(19,28)11-6-4-3-5-7-11)10-30-20-18(27)16(25)14(23)12(9-22)31-20/h3-7,12-20,22-28H,9-10H2,1H3/t12-,13-,14-,15-,16+,17+,18-,19-,20-,21-/m1/s1. The lowest BCUT2D eigenvalue weighted by molar-refractivity contribution is -0.368. The minimum atomic E-state index is -2.22. The van der Waals surface area contributed by atoms with Crippen molar-refractivity contribution in [3.05, 3.63) is 35.9 Å². The molecular formula is C21H28O11. The zero-order valence-corrected chi connectivity index (χ0v) is 17.3. The molecule has 0 bridgehead atoms. The van der Waals surface area contributed by atoms with Gasteiger partial charge in [-0.25, -0.2) is 0 Å². The minimum Gasteiger partial charge on any atom is -0.434 e. The largest absolute Gasteiger partial charge is 0.434 e. The molecule has 0 amide bonds. The number of hydrogen-bond donors (Lipinski definition) is 7. The topological polar surface area (TPSA) is 179 Å². The van der Waals surface area contributed by atoms with Crippen LogP contribution in [-0.4, -0.2) is 104 Å². The Hall–Kier alpha value is -1.82. The Morgan fingerprint density at radius 2 is 1.59 bits per heavy atom. The average Bonchev–Trinajstić information content (AvgIpc) is 2.80. The van der Waals surface area contributed by atoms with Crippen LogP contribution in [-0.2, 0) is 24.7 Å². The predicted octanol–water partition coefficient (Wildman–Crippen LogP) is -2.87. The summed E-state index contributed by atoms with van der Waals surface area (Å²) in [6.07, 6.45) is -11.3. The Kier molecular flexibility index (Phi) is 8.07. The summed E-state index contributed by atoms with van der Waals surface area (Å²) in [7, 11) is 0. The average molecular weight is 456 g/mol. The molecule has 11 heteroatoms. The van der Waals surface area contributed by atoms with Crippen LogP contribution < -0.4 is 0 Å². The fourth-order valence-electron chi connectivity index (χ4n) is 3.71. The number of benzene rings is 1. The fourth-order valence-corrected chi connectivity index (χ4v) is 3.71. The molecular weight excluding hydrogens is 428 g/mol. The SMILES string of the molecule is CC#CO[C@@H]1[C@@H](O)[C@H](O)[C@@H](CO[C@@H]2O[C@H](CO)[C@@H](O)[C@H](O)[C@H]2O)O[C@]1(O)c1ccccc1. The van der Waals surface area contributed by atoms with Gasteiger partial charge in [-0.1, -0.05) is 36.3 Å². The van der Waals surface area contributed by atoms with Gasteiger partial charge in [-0.3, -0.25) is 0 Å². The Balaban J connectivity index is 1.79. The smallest absolute Gasteiger partial charge is 0.235 e. The van der Waals surface area contributed by atoms with Crippen molar-refractivity contribution in [2.24, 2.45) is 0 Å².